The second-order valence-electron chi connectivity index (χ2n) is 4.86. The van der Waals surface area contributed by atoms with E-state index in [0.717, 1.165) is 0 Å². The molecule has 2 aromatic carbocycles. The molecular weight excluding hydrogens is 276 g/mol. The molecule has 0 aliphatic carbocycles. The Kier molecular flexibility index (Phi) is 2.86. The first kappa shape index (κ1) is 13.1. The van der Waals surface area contributed by atoms with Crippen molar-refractivity contribution in [3.05, 3.63) is 41.5 Å². The molecule has 108 valence electrons. The van der Waals surface area contributed by atoms with Crippen LogP contribution in [0.3, 0.4) is 0 Å². The Labute approximate surface area is 119 Å². The van der Waals surface area contributed by atoms with Crippen LogP contribution < -0.4 is 4.74 Å². The average molecular weight is 289 g/mol. The Morgan fingerprint density at radius 3 is 2.43 bits per heavy atom. The number of hydrogen-bond donors (Lipinski definition) is 4. The van der Waals surface area contributed by atoms with Gasteiger partial charge in [0.2, 0.25) is 6.10 Å². The highest BCUT2D eigenvalue weighted by atomic mass is 16.5. The molecule has 1 aliphatic heterocycles. The van der Waals surface area contributed by atoms with Gasteiger partial charge in [0.25, 0.3) is 0 Å². The van der Waals surface area contributed by atoms with Gasteiger partial charge >= 0.3 is 5.78 Å². The van der Waals surface area contributed by atoms with E-state index >= 15 is 0 Å². The van der Waals surface area contributed by atoms with Crippen molar-refractivity contribution in [2.45, 2.75) is 12.5 Å². The normalized spacial score (nSPS) is 17.1. The van der Waals surface area contributed by atoms with Gasteiger partial charge in [0, 0.05) is 23.3 Å². The van der Waals surface area contributed by atoms with E-state index in [1.165, 1.54) is 30.3 Å². The maximum absolute atomic E-state index is 10.1. The summed E-state index contributed by atoms with van der Waals surface area (Å²) in [5.74, 6) is -0.710. The Hall–Kier alpha value is -2.89. The molecule has 5 N–H and O–H groups in total. The van der Waals surface area contributed by atoms with E-state index in [4.69, 9.17) is 4.74 Å². The van der Waals surface area contributed by atoms with Gasteiger partial charge in [-0.15, -0.1) is 0 Å². The van der Waals surface area contributed by atoms with Crippen LogP contribution in [-0.2, 0) is 6.42 Å². The zero-order chi connectivity index (χ0) is 15.1. The highest BCUT2D eigenvalue weighted by Gasteiger charge is 2.36. The van der Waals surface area contributed by atoms with Crippen molar-refractivity contribution in [3.8, 4) is 28.7 Å². The summed E-state index contributed by atoms with van der Waals surface area (Å²) in [5, 5.41) is 38.1. The first-order valence-corrected chi connectivity index (χ1v) is 6.24. The second-order valence-corrected chi connectivity index (χ2v) is 4.86. The minimum Gasteiger partial charge on any atom is -0.508 e. The fourth-order valence-electron chi connectivity index (χ4n) is 2.33. The second kappa shape index (κ2) is 4.59. The largest absolute Gasteiger partial charge is 0.508 e. The molecule has 0 spiro atoms. The lowest BCUT2D eigenvalue weighted by molar-refractivity contribution is 0.244. The Bertz CT molecular complexity index is 737. The van der Waals surface area contributed by atoms with Gasteiger partial charge in [0.1, 0.15) is 17.2 Å². The number of ketones is 1. The van der Waals surface area contributed by atoms with E-state index in [1.54, 1.807) is 0 Å². The zero-order valence-electron chi connectivity index (χ0n) is 10.8. The molecular formula is C15H13O6+. The summed E-state index contributed by atoms with van der Waals surface area (Å²) in [6.07, 6.45) is -0.793. The van der Waals surface area contributed by atoms with Crippen LogP contribution in [-0.4, -0.2) is 31.0 Å². The Balaban J connectivity index is 2.02. The molecule has 21 heavy (non-hydrogen) atoms. The van der Waals surface area contributed by atoms with E-state index in [1.807, 2.05) is 0 Å². The number of rotatable bonds is 1. The number of hydrogen-bond acceptors (Lipinski definition) is 5. The fraction of sp³-hybridized carbons (Fsp3) is 0.133. The van der Waals surface area contributed by atoms with Crippen LogP contribution in [0.2, 0.25) is 0 Å². The number of benzene rings is 2. The van der Waals surface area contributed by atoms with Gasteiger partial charge in [-0.3, -0.25) is 4.79 Å². The molecule has 6 heteroatoms. The lowest BCUT2D eigenvalue weighted by atomic mass is 9.95. The molecule has 0 aromatic heterocycles. The summed E-state index contributed by atoms with van der Waals surface area (Å²) < 4.78 is 5.59. The van der Waals surface area contributed by atoms with Crippen molar-refractivity contribution < 1.29 is 30.0 Å². The van der Waals surface area contributed by atoms with Crippen molar-refractivity contribution in [2.75, 3.05) is 0 Å². The molecule has 6 nitrogen and oxygen atoms in total. The van der Waals surface area contributed by atoms with Gasteiger partial charge in [-0.05, 0) is 12.1 Å². The van der Waals surface area contributed by atoms with Gasteiger partial charge in [-0.1, -0.05) is 6.07 Å². The van der Waals surface area contributed by atoms with Crippen LogP contribution in [0, 0.1) is 0 Å². The molecule has 3 rings (SSSR count). The highest BCUT2D eigenvalue weighted by Crippen LogP contribution is 2.41. The van der Waals surface area contributed by atoms with Crippen LogP contribution in [0.5, 0.6) is 28.7 Å². The molecule has 1 atom stereocenters. The predicted octanol–water partition coefficient (Wildman–Crippen LogP) is 1.73. The lowest BCUT2D eigenvalue weighted by Crippen LogP contribution is -2.26. The summed E-state index contributed by atoms with van der Waals surface area (Å²) in [7, 11) is 0. The van der Waals surface area contributed by atoms with E-state index in [0.29, 0.717) is 11.1 Å². The topological polar surface area (TPSA) is 112 Å². The molecule has 2 aromatic rings. The Morgan fingerprint density at radius 1 is 0.952 bits per heavy atom. The molecule has 0 bridgehead atoms. The van der Waals surface area contributed by atoms with Crippen molar-refractivity contribution in [2.24, 2.45) is 0 Å². The molecule has 0 unspecified atom stereocenters. The summed E-state index contributed by atoms with van der Waals surface area (Å²) in [6, 6.07) is 6.58. The third kappa shape index (κ3) is 2.20. The third-order valence-corrected chi connectivity index (χ3v) is 3.38. The molecule has 1 aliphatic rings. The van der Waals surface area contributed by atoms with Gasteiger partial charge in [0.15, 0.2) is 11.5 Å². The van der Waals surface area contributed by atoms with Crippen molar-refractivity contribution >= 4 is 5.78 Å². The van der Waals surface area contributed by atoms with Crippen LogP contribution in [0.1, 0.15) is 17.2 Å². The summed E-state index contributed by atoms with van der Waals surface area (Å²) in [4.78, 5) is 10.1. The first-order chi connectivity index (χ1) is 9.95. The number of phenols is 4. The molecule has 0 amide bonds. The standard InChI is InChI=1S/C15H12O6/c16-8-4-11(18)9-6-13(20)15(21-14(9)5-8)7-1-2-10(17)12(19)3-7/h1-5,15-19H,6H2/p+1/t15-/m1/s1. The number of carbonyl (C=O) groups excluding carboxylic acids is 1. The molecule has 1 heterocycles. The third-order valence-electron chi connectivity index (χ3n) is 3.38. The van der Waals surface area contributed by atoms with E-state index in [-0.39, 0.29) is 41.0 Å². The van der Waals surface area contributed by atoms with Crippen LogP contribution >= 0.6 is 0 Å². The molecule has 0 fully saturated rings. The highest BCUT2D eigenvalue weighted by molar-refractivity contribution is 5.90. The minimum absolute atomic E-state index is 0.0476. The number of phenolic OH excluding ortho intramolecular Hbond substituents is 4. The maximum atomic E-state index is 10.1. The van der Waals surface area contributed by atoms with Crippen LogP contribution in [0.15, 0.2) is 30.3 Å². The lowest BCUT2D eigenvalue weighted by Gasteiger charge is -2.23. The van der Waals surface area contributed by atoms with E-state index < -0.39 is 6.10 Å². The Morgan fingerprint density at radius 2 is 1.71 bits per heavy atom. The zero-order valence-corrected chi connectivity index (χ0v) is 10.8. The van der Waals surface area contributed by atoms with Crippen molar-refractivity contribution in [1.82, 2.24) is 0 Å². The smallest absolute Gasteiger partial charge is 0.342 e. The molecule has 0 saturated carbocycles. The van der Waals surface area contributed by atoms with Crippen molar-refractivity contribution in [3.63, 3.8) is 0 Å². The average Bonchev–Trinajstić information content (AvgIpc) is 2.42. The van der Waals surface area contributed by atoms with Crippen LogP contribution in [0.4, 0.5) is 0 Å². The SMILES string of the molecule is Oc1cc(O)c2c(c1)O[C@H](c1ccc(O)c(O)c1)C(=[OH+])C2. The van der Waals surface area contributed by atoms with Crippen molar-refractivity contribution in [1.29, 1.82) is 0 Å². The quantitative estimate of drug-likeness (QED) is 0.472. The predicted molar refractivity (Wildman–Crippen MR) is 73.6 cm³/mol. The van der Waals surface area contributed by atoms with Gasteiger partial charge in [-0.2, -0.15) is 0 Å². The maximum Gasteiger partial charge on any atom is 0.342 e. The van der Waals surface area contributed by atoms with E-state index in [2.05, 4.69) is 0 Å². The van der Waals surface area contributed by atoms with Crippen LogP contribution in [0.25, 0.3) is 0 Å². The number of ether oxygens (including phenoxy) is 1. The van der Waals surface area contributed by atoms with E-state index in [9.17, 15) is 25.2 Å². The monoisotopic (exact) mass is 289 g/mol. The number of fused-ring (bicyclic) bond motifs is 1. The summed E-state index contributed by atoms with van der Waals surface area (Å²) >= 11 is 0. The first-order valence-electron chi connectivity index (χ1n) is 6.24. The summed E-state index contributed by atoms with van der Waals surface area (Å²) in [5.41, 5.74) is 0.820. The minimum atomic E-state index is -0.856. The summed E-state index contributed by atoms with van der Waals surface area (Å²) in [6.45, 7) is 0. The van der Waals surface area contributed by atoms with Gasteiger partial charge < -0.3 is 25.2 Å². The molecule has 0 radical (unpaired) electrons. The van der Waals surface area contributed by atoms with Gasteiger partial charge in [-0.25, -0.2) is 0 Å². The number of aromatic hydroxyl groups is 4. The fourth-order valence-corrected chi connectivity index (χ4v) is 2.33. The molecule has 0 saturated heterocycles. The van der Waals surface area contributed by atoms with Gasteiger partial charge in [0.05, 0.1) is 6.42 Å².